The molecule has 0 aromatic heterocycles. The average Bonchev–Trinajstić information content (AvgIpc) is 2.89. The van der Waals surface area contributed by atoms with Gasteiger partial charge in [0.25, 0.3) is 20.4 Å². The van der Waals surface area contributed by atoms with Crippen molar-refractivity contribution >= 4 is 43.6 Å². The molecular weight excluding hydrogens is 548 g/mol. The molecule has 3 fully saturated rings. The number of anilines is 1. The van der Waals surface area contributed by atoms with Crippen LogP contribution in [0.15, 0.2) is 18.2 Å². The highest BCUT2D eigenvalue weighted by Gasteiger charge is 2.38. The second kappa shape index (κ2) is 12.1. The third-order valence-corrected chi connectivity index (χ3v) is 10.9. The molecule has 0 aliphatic carbocycles. The first-order valence-corrected chi connectivity index (χ1v) is 15.2. The van der Waals surface area contributed by atoms with Crippen molar-refractivity contribution in [2.45, 2.75) is 0 Å². The van der Waals surface area contributed by atoms with Gasteiger partial charge in [0.15, 0.2) is 0 Å². The van der Waals surface area contributed by atoms with Crippen molar-refractivity contribution in [2.24, 2.45) is 0 Å². The van der Waals surface area contributed by atoms with Crippen LogP contribution in [0, 0.1) is 0 Å². The van der Waals surface area contributed by atoms with Gasteiger partial charge in [0.1, 0.15) is 5.75 Å². The van der Waals surface area contributed by atoms with Crippen LogP contribution in [-0.2, 0) is 30.0 Å². The van der Waals surface area contributed by atoms with E-state index in [1.807, 2.05) is 4.90 Å². The summed E-state index contributed by atoms with van der Waals surface area (Å²) < 4.78 is 68.1. The number of nitrogens with zero attached hydrogens (tertiary/aromatic N) is 5. The summed E-state index contributed by atoms with van der Waals surface area (Å²) in [5.74, 6) is 0.237. The third kappa shape index (κ3) is 6.72. The van der Waals surface area contributed by atoms with E-state index in [0.717, 1.165) is 0 Å². The maximum Gasteiger partial charge on any atom is 0.282 e. The molecule has 1 N–H and O–H groups in total. The lowest BCUT2D eigenvalue weighted by Gasteiger charge is -2.40. The number of carbonyl (C=O) groups is 1. The van der Waals surface area contributed by atoms with Crippen LogP contribution in [-0.4, -0.2) is 137 Å². The SMILES string of the molecule is COc1ccc(Cl)cc1NC(=O)CN1CCN(S(=O)(=O)N2CCN(S(=O)(=O)N3CCOCC3)CC2)CC1. The molecule has 208 valence electrons. The Hall–Kier alpha value is -1.56. The van der Waals surface area contributed by atoms with Gasteiger partial charge in [-0.3, -0.25) is 9.69 Å². The number of halogens is 1. The van der Waals surface area contributed by atoms with E-state index >= 15 is 0 Å². The molecular formula is C21H33ClN6O7S2. The van der Waals surface area contributed by atoms with Crippen molar-refractivity contribution in [2.75, 3.05) is 97.6 Å². The van der Waals surface area contributed by atoms with E-state index in [-0.39, 0.29) is 51.7 Å². The van der Waals surface area contributed by atoms with Crippen LogP contribution in [0.5, 0.6) is 5.75 Å². The van der Waals surface area contributed by atoms with Gasteiger partial charge in [-0.05, 0) is 18.2 Å². The number of piperazine rings is 2. The molecule has 0 radical (unpaired) electrons. The van der Waals surface area contributed by atoms with Gasteiger partial charge in [0.2, 0.25) is 5.91 Å². The van der Waals surface area contributed by atoms with E-state index < -0.39 is 20.4 Å². The number of morpholine rings is 1. The number of amides is 1. The number of ether oxygens (including phenoxy) is 2. The molecule has 0 unspecified atom stereocenters. The van der Waals surface area contributed by atoms with Crippen LogP contribution in [0.1, 0.15) is 0 Å². The van der Waals surface area contributed by atoms with Gasteiger partial charge in [0.05, 0.1) is 32.6 Å². The topological polar surface area (TPSA) is 132 Å². The summed E-state index contributed by atoms with van der Waals surface area (Å²) in [6.07, 6.45) is 0. The quantitative estimate of drug-likeness (QED) is 0.429. The van der Waals surface area contributed by atoms with E-state index in [1.54, 1.807) is 18.2 Å². The number of carbonyl (C=O) groups excluding carboxylic acids is 1. The van der Waals surface area contributed by atoms with E-state index in [4.69, 9.17) is 21.1 Å². The molecule has 3 aliphatic heterocycles. The lowest BCUT2D eigenvalue weighted by Crippen LogP contribution is -2.59. The normalized spacial score (nSPS) is 22.1. The third-order valence-electron chi connectivity index (χ3n) is 6.61. The van der Waals surface area contributed by atoms with E-state index in [9.17, 15) is 21.6 Å². The number of hydrogen-bond acceptors (Lipinski definition) is 8. The summed E-state index contributed by atoms with van der Waals surface area (Å²) in [4.78, 5) is 14.4. The number of benzene rings is 1. The Bertz CT molecular complexity index is 1160. The zero-order valence-corrected chi connectivity index (χ0v) is 23.1. The molecule has 0 saturated carbocycles. The van der Waals surface area contributed by atoms with Crippen molar-refractivity contribution in [3.63, 3.8) is 0 Å². The zero-order valence-electron chi connectivity index (χ0n) is 20.7. The molecule has 3 aliphatic rings. The smallest absolute Gasteiger partial charge is 0.282 e. The first-order valence-electron chi connectivity index (χ1n) is 12.0. The highest BCUT2D eigenvalue weighted by atomic mass is 35.5. The van der Waals surface area contributed by atoms with Crippen molar-refractivity contribution in [3.05, 3.63) is 23.2 Å². The van der Waals surface area contributed by atoms with Gasteiger partial charge >= 0.3 is 0 Å². The van der Waals surface area contributed by atoms with Crippen LogP contribution >= 0.6 is 11.6 Å². The molecule has 1 aromatic rings. The Morgan fingerprint density at radius 2 is 1.35 bits per heavy atom. The van der Waals surface area contributed by atoms with E-state index in [1.165, 1.54) is 24.3 Å². The molecule has 0 bridgehead atoms. The second-order valence-electron chi connectivity index (χ2n) is 8.89. The Balaban J connectivity index is 1.26. The monoisotopic (exact) mass is 580 g/mol. The Morgan fingerprint density at radius 1 is 0.865 bits per heavy atom. The first kappa shape index (κ1) is 28.4. The standard InChI is InChI=1S/C21H33ClN6O7S2/c1-34-20-3-2-18(22)16-19(20)23-21(29)17-24-4-6-25(7-5-24)36(30,31)26-8-10-27(11-9-26)37(32,33)28-12-14-35-15-13-28/h2-3,16H,4-15,17H2,1H3,(H,23,29). The van der Waals surface area contributed by atoms with Gasteiger partial charge in [0, 0.05) is 70.5 Å². The maximum absolute atomic E-state index is 13.2. The van der Waals surface area contributed by atoms with Crippen LogP contribution in [0.2, 0.25) is 5.02 Å². The van der Waals surface area contributed by atoms with Crippen LogP contribution in [0.3, 0.4) is 0 Å². The minimum absolute atomic E-state index is 0.0932. The molecule has 37 heavy (non-hydrogen) atoms. The molecule has 1 aromatic carbocycles. The number of rotatable bonds is 8. The molecule has 13 nitrogen and oxygen atoms in total. The van der Waals surface area contributed by atoms with Crippen molar-refractivity contribution in [1.82, 2.24) is 22.1 Å². The molecule has 4 rings (SSSR count). The van der Waals surface area contributed by atoms with Crippen molar-refractivity contribution in [1.29, 1.82) is 0 Å². The summed E-state index contributed by atoms with van der Waals surface area (Å²) in [6, 6.07) is 4.94. The lowest BCUT2D eigenvalue weighted by molar-refractivity contribution is -0.117. The van der Waals surface area contributed by atoms with Gasteiger partial charge in [-0.25, -0.2) is 0 Å². The highest BCUT2D eigenvalue weighted by Crippen LogP contribution is 2.27. The van der Waals surface area contributed by atoms with E-state index in [2.05, 4.69) is 5.32 Å². The summed E-state index contributed by atoms with van der Waals surface area (Å²) in [7, 11) is -5.87. The fourth-order valence-electron chi connectivity index (χ4n) is 4.52. The molecule has 1 amide bonds. The van der Waals surface area contributed by atoms with Crippen LogP contribution in [0.4, 0.5) is 5.69 Å². The molecule has 16 heteroatoms. The zero-order chi connectivity index (χ0) is 26.6. The molecule has 0 atom stereocenters. The summed E-state index contributed by atoms with van der Waals surface area (Å²) >= 11 is 6.01. The minimum atomic E-state index is -3.74. The van der Waals surface area contributed by atoms with E-state index in [0.29, 0.717) is 55.9 Å². The number of nitrogens with one attached hydrogen (secondary N) is 1. The van der Waals surface area contributed by atoms with Gasteiger partial charge in [-0.15, -0.1) is 0 Å². The first-order chi connectivity index (χ1) is 17.6. The number of methoxy groups -OCH3 is 1. The maximum atomic E-state index is 13.2. The molecule has 0 spiro atoms. The largest absolute Gasteiger partial charge is 0.495 e. The van der Waals surface area contributed by atoms with Gasteiger partial charge in [-0.1, -0.05) is 11.6 Å². The second-order valence-corrected chi connectivity index (χ2v) is 13.2. The molecule has 3 saturated heterocycles. The van der Waals surface area contributed by atoms with Crippen molar-refractivity contribution in [3.8, 4) is 5.75 Å². The fraction of sp³-hybridized carbons (Fsp3) is 0.667. The Kier molecular flexibility index (Phi) is 9.30. The number of hydrogen-bond donors (Lipinski definition) is 1. The van der Waals surface area contributed by atoms with Crippen LogP contribution in [0.25, 0.3) is 0 Å². The van der Waals surface area contributed by atoms with Gasteiger partial charge < -0.3 is 14.8 Å². The minimum Gasteiger partial charge on any atom is -0.495 e. The van der Waals surface area contributed by atoms with Crippen molar-refractivity contribution < 1.29 is 31.1 Å². The summed E-state index contributed by atoms with van der Waals surface area (Å²) in [6.45, 7) is 3.07. The summed E-state index contributed by atoms with van der Waals surface area (Å²) in [5.41, 5.74) is 0.469. The summed E-state index contributed by atoms with van der Waals surface area (Å²) in [5, 5.41) is 3.26. The Labute approximate surface area is 223 Å². The lowest BCUT2D eigenvalue weighted by atomic mass is 10.3. The molecule has 3 heterocycles. The van der Waals surface area contributed by atoms with Gasteiger partial charge in [-0.2, -0.15) is 34.1 Å². The highest BCUT2D eigenvalue weighted by molar-refractivity contribution is 7.87. The average molecular weight is 581 g/mol. The predicted octanol–water partition coefficient (Wildman–Crippen LogP) is -0.656. The fourth-order valence-corrected chi connectivity index (χ4v) is 7.83. The Morgan fingerprint density at radius 3 is 1.86 bits per heavy atom. The van der Waals surface area contributed by atoms with Crippen LogP contribution < -0.4 is 10.1 Å². The predicted molar refractivity (Wildman–Crippen MR) is 138 cm³/mol.